The third-order valence-corrected chi connectivity index (χ3v) is 5.38. The van der Waals surface area contributed by atoms with E-state index in [9.17, 15) is 4.79 Å². The molecule has 0 aliphatic heterocycles. The van der Waals surface area contributed by atoms with E-state index in [0.29, 0.717) is 11.8 Å². The van der Waals surface area contributed by atoms with E-state index in [1.54, 1.807) is 16.7 Å². The molecule has 0 spiro atoms. The SMILES string of the molecule is CC(C)Sc1ccc(C(=O)N(C)CCCc2cc(-c3ccccc3)no2)cc1. The van der Waals surface area contributed by atoms with Gasteiger partial charge in [-0.2, -0.15) is 0 Å². The molecule has 0 atom stereocenters. The van der Waals surface area contributed by atoms with Crippen LogP contribution in [0.2, 0.25) is 0 Å². The minimum Gasteiger partial charge on any atom is -0.361 e. The number of carbonyl (C=O) groups excluding carboxylic acids is 1. The molecule has 1 heterocycles. The van der Waals surface area contributed by atoms with E-state index < -0.39 is 0 Å². The molecule has 28 heavy (non-hydrogen) atoms. The molecule has 4 nitrogen and oxygen atoms in total. The lowest BCUT2D eigenvalue weighted by Crippen LogP contribution is -2.27. The van der Waals surface area contributed by atoms with Gasteiger partial charge in [-0.15, -0.1) is 11.8 Å². The van der Waals surface area contributed by atoms with E-state index in [1.807, 2.05) is 67.7 Å². The van der Waals surface area contributed by atoms with Gasteiger partial charge in [0.05, 0.1) is 0 Å². The van der Waals surface area contributed by atoms with Gasteiger partial charge in [-0.1, -0.05) is 49.3 Å². The molecule has 0 saturated heterocycles. The number of nitrogens with zero attached hydrogens (tertiary/aromatic N) is 2. The van der Waals surface area contributed by atoms with Gasteiger partial charge in [-0.25, -0.2) is 0 Å². The van der Waals surface area contributed by atoms with E-state index in [2.05, 4.69) is 19.0 Å². The van der Waals surface area contributed by atoms with Gasteiger partial charge >= 0.3 is 0 Å². The highest BCUT2D eigenvalue weighted by Crippen LogP contribution is 2.23. The molecule has 0 fully saturated rings. The first-order valence-electron chi connectivity index (χ1n) is 9.56. The Hall–Kier alpha value is -2.53. The van der Waals surface area contributed by atoms with Crippen molar-refractivity contribution < 1.29 is 9.32 Å². The molecule has 2 aromatic carbocycles. The molecule has 0 N–H and O–H groups in total. The predicted molar refractivity (Wildman–Crippen MR) is 115 cm³/mol. The van der Waals surface area contributed by atoms with Crippen LogP contribution in [-0.4, -0.2) is 34.8 Å². The van der Waals surface area contributed by atoms with E-state index in [-0.39, 0.29) is 5.91 Å². The Labute approximate surface area is 170 Å². The number of aryl methyl sites for hydroxylation is 1. The maximum Gasteiger partial charge on any atom is 0.253 e. The molecule has 0 aliphatic rings. The zero-order chi connectivity index (χ0) is 19.9. The summed E-state index contributed by atoms with van der Waals surface area (Å²) in [6.45, 7) is 4.99. The molecule has 1 aromatic heterocycles. The first-order chi connectivity index (χ1) is 13.5. The summed E-state index contributed by atoms with van der Waals surface area (Å²) in [5.41, 5.74) is 2.62. The lowest BCUT2D eigenvalue weighted by Gasteiger charge is -2.17. The molecule has 3 rings (SSSR count). The van der Waals surface area contributed by atoms with Gasteiger partial charge in [-0.05, 0) is 30.7 Å². The number of thioether (sulfide) groups is 1. The first kappa shape index (κ1) is 20.2. The van der Waals surface area contributed by atoms with Crippen molar-refractivity contribution in [2.24, 2.45) is 0 Å². The Morgan fingerprint density at radius 2 is 1.82 bits per heavy atom. The minimum absolute atomic E-state index is 0.0450. The molecule has 5 heteroatoms. The number of benzene rings is 2. The van der Waals surface area contributed by atoms with E-state index in [1.165, 1.54) is 4.90 Å². The Morgan fingerprint density at radius 1 is 1.11 bits per heavy atom. The number of hydrogen-bond acceptors (Lipinski definition) is 4. The number of rotatable bonds is 8. The van der Waals surface area contributed by atoms with Crippen LogP contribution in [-0.2, 0) is 6.42 Å². The summed E-state index contributed by atoms with van der Waals surface area (Å²) in [5.74, 6) is 0.887. The molecule has 0 unspecified atom stereocenters. The van der Waals surface area contributed by atoms with Gasteiger partial charge in [0.2, 0.25) is 0 Å². The highest BCUT2D eigenvalue weighted by atomic mass is 32.2. The molecular formula is C23H26N2O2S. The topological polar surface area (TPSA) is 46.3 Å². The third kappa shape index (κ3) is 5.49. The monoisotopic (exact) mass is 394 g/mol. The van der Waals surface area contributed by atoms with Crippen LogP contribution >= 0.6 is 11.8 Å². The summed E-state index contributed by atoms with van der Waals surface area (Å²) < 4.78 is 5.43. The van der Waals surface area contributed by atoms with Crippen LogP contribution in [0.15, 0.2) is 70.1 Å². The zero-order valence-electron chi connectivity index (χ0n) is 16.6. The lowest BCUT2D eigenvalue weighted by atomic mass is 10.1. The molecule has 0 aliphatic carbocycles. The molecule has 146 valence electrons. The average Bonchev–Trinajstić information content (AvgIpc) is 3.17. The van der Waals surface area contributed by atoms with Crippen LogP contribution in [0.25, 0.3) is 11.3 Å². The number of amides is 1. The van der Waals surface area contributed by atoms with Crippen molar-refractivity contribution in [3.63, 3.8) is 0 Å². The summed E-state index contributed by atoms with van der Waals surface area (Å²) in [6, 6.07) is 19.8. The van der Waals surface area contributed by atoms with E-state index in [4.69, 9.17) is 4.52 Å². The van der Waals surface area contributed by atoms with E-state index in [0.717, 1.165) is 35.4 Å². The third-order valence-electron chi connectivity index (χ3n) is 4.36. The molecule has 0 bridgehead atoms. The smallest absolute Gasteiger partial charge is 0.253 e. The Balaban J connectivity index is 1.49. The van der Waals surface area contributed by atoms with Crippen LogP contribution in [0, 0.1) is 0 Å². The fourth-order valence-corrected chi connectivity index (χ4v) is 3.77. The molecule has 1 amide bonds. The van der Waals surface area contributed by atoms with Gasteiger partial charge in [0.15, 0.2) is 0 Å². The number of aromatic nitrogens is 1. The zero-order valence-corrected chi connectivity index (χ0v) is 17.4. The van der Waals surface area contributed by atoms with Crippen molar-refractivity contribution in [2.45, 2.75) is 36.8 Å². The summed E-state index contributed by atoms with van der Waals surface area (Å²) in [5, 5.41) is 4.67. The maximum atomic E-state index is 12.6. The Bertz CT molecular complexity index is 888. The second kappa shape index (κ2) is 9.60. The van der Waals surface area contributed by atoms with Gasteiger partial charge in [0, 0.05) is 47.4 Å². The van der Waals surface area contributed by atoms with Crippen LogP contribution < -0.4 is 0 Å². The predicted octanol–water partition coefficient (Wildman–Crippen LogP) is 5.55. The Kier molecular flexibility index (Phi) is 6.93. The number of hydrogen-bond donors (Lipinski definition) is 0. The number of carbonyl (C=O) groups is 1. The first-order valence-corrected chi connectivity index (χ1v) is 10.4. The average molecular weight is 395 g/mol. The van der Waals surface area contributed by atoms with Crippen LogP contribution in [0.5, 0.6) is 0 Å². The molecular weight excluding hydrogens is 368 g/mol. The van der Waals surface area contributed by atoms with Crippen molar-refractivity contribution in [1.29, 1.82) is 0 Å². The van der Waals surface area contributed by atoms with Crippen molar-refractivity contribution in [3.05, 3.63) is 72.0 Å². The summed E-state index contributed by atoms with van der Waals surface area (Å²) in [7, 11) is 1.84. The van der Waals surface area contributed by atoms with E-state index >= 15 is 0 Å². The van der Waals surface area contributed by atoms with Crippen molar-refractivity contribution >= 4 is 17.7 Å². The quantitative estimate of drug-likeness (QED) is 0.470. The Morgan fingerprint density at radius 3 is 2.50 bits per heavy atom. The second-order valence-electron chi connectivity index (χ2n) is 7.07. The van der Waals surface area contributed by atoms with Gasteiger partial charge < -0.3 is 9.42 Å². The van der Waals surface area contributed by atoms with Crippen LogP contribution in [0.3, 0.4) is 0 Å². The second-order valence-corrected chi connectivity index (χ2v) is 8.72. The van der Waals surface area contributed by atoms with Crippen molar-refractivity contribution in [1.82, 2.24) is 10.1 Å². The van der Waals surface area contributed by atoms with Crippen molar-refractivity contribution in [3.8, 4) is 11.3 Å². The van der Waals surface area contributed by atoms with Crippen molar-refractivity contribution in [2.75, 3.05) is 13.6 Å². The largest absolute Gasteiger partial charge is 0.361 e. The fraction of sp³-hybridized carbons (Fsp3) is 0.304. The molecule has 0 saturated carbocycles. The van der Waals surface area contributed by atoms with Gasteiger partial charge in [-0.3, -0.25) is 4.79 Å². The molecule has 3 aromatic rings. The van der Waals surface area contributed by atoms with Crippen LogP contribution in [0.4, 0.5) is 0 Å². The molecule has 0 radical (unpaired) electrons. The lowest BCUT2D eigenvalue weighted by molar-refractivity contribution is 0.0792. The standard InChI is InChI=1S/C23H26N2O2S/c1-17(2)28-21-13-11-19(12-14-21)23(26)25(3)15-7-10-20-16-22(24-27-20)18-8-5-4-6-9-18/h4-6,8-9,11-14,16-17H,7,10,15H2,1-3H3. The summed E-state index contributed by atoms with van der Waals surface area (Å²) >= 11 is 1.80. The maximum absolute atomic E-state index is 12.6. The van der Waals surface area contributed by atoms with Gasteiger partial charge in [0.1, 0.15) is 11.5 Å². The summed E-state index contributed by atoms with van der Waals surface area (Å²) in [4.78, 5) is 15.5. The van der Waals surface area contributed by atoms with Gasteiger partial charge in [0.25, 0.3) is 5.91 Å². The highest BCUT2D eigenvalue weighted by molar-refractivity contribution is 7.99. The fourth-order valence-electron chi connectivity index (χ4n) is 2.94. The highest BCUT2D eigenvalue weighted by Gasteiger charge is 2.13. The minimum atomic E-state index is 0.0450. The summed E-state index contributed by atoms with van der Waals surface area (Å²) in [6.07, 6.45) is 1.58. The normalized spacial score (nSPS) is 11.0. The van der Waals surface area contributed by atoms with Crippen LogP contribution in [0.1, 0.15) is 36.4 Å².